The van der Waals surface area contributed by atoms with Crippen LogP contribution in [0.4, 0.5) is 0 Å². The minimum Gasteiger partial charge on any atom is -0.413 e. The SMILES string of the molecule is C=CC[C@@H](/C=C/C=C\C[C@@H](CC=O)O[Si](C)(C)C(C)(C)C)O[Si](c1ccccc1)(c1ccccc1)C(C)(C)C. The summed E-state index contributed by atoms with van der Waals surface area (Å²) in [6.07, 6.45) is 12.9. The van der Waals surface area contributed by atoms with E-state index < -0.39 is 16.6 Å². The number of rotatable bonds is 14. The molecule has 0 fully saturated rings. The van der Waals surface area contributed by atoms with Crippen LogP contribution in [0, 0.1) is 0 Å². The molecular weight excluding hydrogens is 513 g/mol. The van der Waals surface area contributed by atoms with E-state index in [2.05, 4.69) is 146 Å². The topological polar surface area (TPSA) is 35.5 Å². The first-order valence-corrected chi connectivity index (χ1v) is 18.9. The van der Waals surface area contributed by atoms with Gasteiger partial charge in [0.25, 0.3) is 8.32 Å². The predicted octanol–water partition coefficient (Wildman–Crippen LogP) is 7.99. The van der Waals surface area contributed by atoms with Crippen LogP contribution < -0.4 is 10.4 Å². The average Bonchev–Trinajstić information content (AvgIpc) is 2.86. The van der Waals surface area contributed by atoms with Crippen LogP contribution in [-0.4, -0.2) is 35.1 Å². The third kappa shape index (κ3) is 8.84. The molecule has 5 heteroatoms. The van der Waals surface area contributed by atoms with E-state index in [1.807, 2.05) is 6.08 Å². The Labute approximate surface area is 240 Å². The molecule has 39 heavy (non-hydrogen) atoms. The molecule has 2 aromatic rings. The van der Waals surface area contributed by atoms with Crippen LogP contribution in [0.15, 0.2) is 97.6 Å². The first-order valence-electron chi connectivity index (χ1n) is 14.1. The van der Waals surface area contributed by atoms with Crippen LogP contribution >= 0.6 is 0 Å². The van der Waals surface area contributed by atoms with Gasteiger partial charge in [0.2, 0.25) is 0 Å². The van der Waals surface area contributed by atoms with E-state index in [-0.39, 0.29) is 22.3 Å². The molecule has 0 amide bonds. The van der Waals surface area contributed by atoms with E-state index in [9.17, 15) is 4.79 Å². The summed E-state index contributed by atoms with van der Waals surface area (Å²) in [5, 5.41) is 2.54. The Hall–Kier alpha value is -2.32. The fourth-order valence-corrected chi connectivity index (χ4v) is 10.7. The van der Waals surface area contributed by atoms with Gasteiger partial charge in [0, 0.05) is 6.42 Å². The molecular formula is C34H50O3Si2. The highest BCUT2D eigenvalue weighted by Crippen LogP contribution is 2.39. The molecule has 0 saturated carbocycles. The van der Waals surface area contributed by atoms with Gasteiger partial charge >= 0.3 is 0 Å². The lowest BCUT2D eigenvalue weighted by atomic mass is 10.2. The third-order valence-corrected chi connectivity index (χ3v) is 17.3. The number of carbonyl (C=O) groups excluding carboxylic acids is 1. The summed E-state index contributed by atoms with van der Waals surface area (Å²) in [5.41, 5.74) is 0. The third-order valence-electron chi connectivity index (χ3n) is 7.74. The standard InChI is InChI=1S/C34H50O3Si2/c1-10-20-29(21-14-11-15-22-30(27-28-35)36-38(8,9)33(2,3)4)37-39(34(5,6)7,31-23-16-12-17-24-31)32-25-18-13-19-26-32/h10-19,21,23-26,28-30H,1,20,22,27H2,2-9H3/b15-11-,21-14+/t29-,30-/m0/s1. The summed E-state index contributed by atoms with van der Waals surface area (Å²) in [5.74, 6) is 0. The van der Waals surface area contributed by atoms with Crippen molar-refractivity contribution in [2.45, 2.75) is 96.2 Å². The van der Waals surface area contributed by atoms with Gasteiger partial charge in [-0.05, 0) is 46.4 Å². The van der Waals surface area contributed by atoms with Crippen molar-refractivity contribution in [3.63, 3.8) is 0 Å². The van der Waals surface area contributed by atoms with Crippen molar-refractivity contribution in [2.75, 3.05) is 0 Å². The lowest BCUT2D eigenvalue weighted by Crippen LogP contribution is -2.67. The molecule has 2 atom stereocenters. The predicted molar refractivity (Wildman–Crippen MR) is 173 cm³/mol. The van der Waals surface area contributed by atoms with Gasteiger partial charge in [-0.2, -0.15) is 0 Å². The highest BCUT2D eigenvalue weighted by molar-refractivity contribution is 6.99. The zero-order valence-electron chi connectivity index (χ0n) is 25.4. The highest BCUT2D eigenvalue weighted by Gasteiger charge is 2.51. The lowest BCUT2D eigenvalue weighted by Gasteiger charge is -2.44. The second kappa shape index (κ2) is 14.4. The molecule has 0 N–H and O–H groups in total. The van der Waals surface area contributed by atoms with Crippen LogP contribution in [0.2, 0.25) is 23.2 Å². The fourth-order valence-electron chi connectivity index (χ4n) is 4.64. The molecule has 0 aromatic heterocycles. The minimum atomic E-state index is -2.67. The van der Waals surface area contributed by atoms with Crippen molar-refractivity contribution >= 4 is 33.3 Å². The van der Waals surface area contributed by atoms with Crippen molar-refractivity contribution in [3.05, 3.63) is 97.6 Å². The van der Waals surface area contributed by atoms with E-state index in [0.29, 0.717) is 12.8 Å². The summed E-state index contributed by atoms with van der Waals surface area (Å²) in [4.78, 5) is 11.3. The second-order valence-electron chi connectivity index (χ2n) is 12.8. The smallest absolute Gasteiger partial charge is 0.261 e. The molecule has 212 valence electrons. The molecule has 0 aliphatic carbocycles. The molecule has 3 nitrogen and oxygen atoms in total. The van der Waals surface area contributed by atoms with Crippen molar-refractivity contribution in [1.82, 2.24) is 0 Å². The highest BCUT2D eigenvalue weighted by atomic mass is 28.4. The number of benzene rings is 2. The van der Waals surface area contributed by atoms with E-state index >= 15 is 0 Å². The normalized spacial score (nSPS) is 15.0. The maximum Gasteiger partial charge on any atom is 0.261 e. The number of aldehydes is 1. The minimum absolute atomic E-state index is 0.0922. The Morgan fingerprint density at radius 3 is 1.74 bits per heavy atom. The number of hydrogen-bond donors (Lipinski definition) is 0. The van der Waals surface area contributed by atoms with E-state index in [0.717, 1.165) is 12.7 Å². The van der Waals surface area contributed by atoms with E-state index in [1.165, 1.54) is 10.4 Å². The maximum absolute atomic E-state index is 11.3. The number of allylic oxidation sites excluding steroid dienone is 2. The lowest BCUT2D eigenvalue weighted by molar-refractivity contribution is -0.109. The molecule has 2 aromatic carbocycles. The number of hydrogen-bond acceptors (Lipinski definition) is 3. The van der Waals surface area contributed by atoms with Gasteiger partial charge in [-0.25, -0.2) is 0 Å². The maximum atomic E-state index is 11.3. The Morgan fingerprint density at radius 1 is 0.769 bits per heavy atom. The van der Waals surface area contributed by atoms with Gasteiger partial charge in [-0.3, -0.25) is 0 Å². The monoisotopic (exact) mass is 562 g/mol. The first kappa shape index (κ1) is 32.9. The molecule has 2 rings (SSSR count). The van der Waals surface area contributed by atoms with Crippen molar-refractivity contribution < 1.29 is 13.6 Å². The van der Waals surface area contributed by atoms with Crippen LogP contribution in [-0.2, 0) is 13.6 Å². The number of carbonyl (C=O) groups is 1. The van der Waals surface area contributed by atoms with Crippen molar-refractivity contribution in [3.8, 4) is 0 Å². The zero-order chi connectivity index (χ0) is 29.2. The van der Waals surface area contributed by atoms with Gasteiger partial charge in [0.15, 0.2) is 8.32 Å². The van der Waals surface area contributed by atoms with Gasteiger partial charge in [-0.1, -0.05) is 133 Å². The van der Waals surface area contributed by atoms with Crippen molar-refractivity contribution in [1.29, 1.82) is 0 Å². The summed E-state index contributed by atoms with van der Waals surface area (Å²) in [6.45, 7) is 22.0. The Balaban J connectivity index is 2.32. The Morgan fingerprint density at radius 2 is 1.31 bits per heavy atom. The molecule has 0 radical (unpaired) electrons. The van der Waals surface area contributed by atoms with Crippen molar-refractivity contribution in [2.24, 2.45) is 0 Å². The summed E-state index contributed by atoms with van der Waals surface area (Å²) >= 11 is 0. The molecule has 0 bridgehead atoms. The van der Waals surface area contributed by atoms with Gasteiger partial charge < -0.3 is 13.6 Å². The second-order valence-corrected chi connectivity index (χ2v) is 21.8. The largest absolute Gasteiger partial charge is 0.413 e. The Bertz CT molecular complexity index is 1040. The molecule has 0 heterocycles. The molecule has 0 saturated heterocycles. The van der Waals surface area contributed by atoms with Crippen LogP contribution in [0.1, 0.15) is 60.8 Å². The van der Waals surface area contributed by atoms with E-state index in [4.69, 9.17) is 8.85 Å². The fraction of sp³-hybridized carbons (Fsp3) is 0.441. The summed E-state index contributed by atoms with van der Waals surface area (Å²) in [7, 11) is -4.62. The first-order chi connectivity index (χ1) is 18.3. The summed E-state index contributed by atoms with van der Waals surface area (Å²) in [6, 6.07) is 21.4. The quantitative estimate of drug-likeness (QED) is 0.101. The van der Waals surface area contributed by atoms with Crippen LogP contribution in [0.25, 0.3) is 0 Å². The van der Waals surface area contributed by atoms with Gasteiger partial charge in [-0.15, -0.1) is 6.58 Å². The zero-order valence-corrected chi connectivity index (χ0v) is 27.4. The molecule has 0 spiro atoms. The Kier molecular flexibility index (Phi) is 12.1. The average molecular weight is 563 g/mol. The summed E-state index contributed by atoms with van der Waals surface area (Å²) < 4.78 is 13.8. The molecule has 0 unspecified atom stereocenters. The molecule has 0 aliphatic rings. The molecule has 0 aliphatic heterocycles. The van der Waals surface area contributed by atoms with Crippen LogP contribution in [0.5, 0.6) is 0 Å². The van der Waals surface area contributed by atoms with Gasteiger partial charge in [0.1, 0.15) is 6.29 Å². The van der Waals surface area contributed by atoms with Crippen LogP contribution in [0.3, 0.4) is 0 Å². The van der Waals surface area contributed by atoms with Gasteiger partial charge in [0.05, 0.1) is 12.2 Å². The van der Waals surface area contributed by atoms with E-state index in [1.54, 1.807) is 0 Å².